The summed E-state index contributed by atoms with van der Waals surface area (Å²) in [5.74, 6) is -0.745. The molecule has 3 N–H and O–H groups in total. The predicted octanol–water partition coefficient (Wildman–Crippen LogP) is 5.17. The number of sulfonamides is 1. The summed E-state index contributed by atoms with van der Waals surface area (Å²) in [6.45, 7) is 0. The highest BCUT2D eigenvalue weighted by atomic mass is 35.5. The van der Waals surface area contributed by atoms with Crippen molar-refractivity contribution in [1.82, 2.24) is 4.98 Å². The number of hydrogen-bond donors (Lipinski definition) is 2. The van der Waals surface area contributed by atoms with Crippen molar-refractivity contribution < 1.29 is 17.6 Å². The van der Waals surface area contributed by atoms with Gasteiger partial charge in [0.25, 0.3) is 5.91 Å². The predicted molar refractivity (Wildman–Crippen MR) is 124 cm³/mol. The summed E-state index contributed by atoms with van der Waals surface area (Å²) in [6.07, 6.45) is 0. The van der Waals surface area contributed by atoms with Crippen LogP contribution in [0, 0.1) is 5.82 Å². The van der Waals surface area contributed by atoms with Crippen molar-refractivity contribution in [2.24, 2.45) is 5.14 Å². The van der Waals surface area contributed by atoms with Gasteiger partial charge in [-0.2, -0.15) is 0 Å². The van der Waals surface area contributed by atoms with Gasteiger partial charge in [-0.05, 0) is 54.1 Å². The van der Waals surface area contributed by atoms with Crippen LogP contribution in [0.2, 0.25) is 5.02 Å². The van der Waals surface area contributed by atoms with Gasteiger partial charge < -0.3 is 0 Å². The standard InChI is InChI=1S/C22H15ClFN3O3S2/c23-16-7-1-15(2-8-16)21(28)27-22-26-19(13-5-11-18(12-6-13)32(25,29)30)20(31-22)14-3-9-17(24)10-4-14/h1-12H,(H2,25,29,30)(H,26,27,28). The summed E-state index contributed by atoms with van der Waals surface area (Å²) in [6, 6.07) is 18.2. The van der Waals surface area contributed by atoms with Gasteiger partial charge in [0.15, 0.2) is 5.13 Å². The van der Waals surface area contributed by atoms with Gasteiger partial charge in [0.05, 0.1) is 15.5 Å². The largest absolute Gasteiger partial charge is 0.298 e. The molecule has 0 saturated heterocycles. The third-order valence-corrected chi connectivity index (χ3v) is 6.72. The number of hydrogen-bond acceptors (Lipinski definition) is 5. The maximum atomic E-state index is 13.4. The molecule has 1 amide bonds. The van der Waals surface area contributed by atoms with E-state index in [2.05, 4.69) is 10.3 Å². The zero-order chi connectivity index (χ0) is 22.9. The number of aromatic nitrogens is 1. The van der Waals surface area contributed by atoms with Gasteiger partial charge in [-0.3, -0.25) is 10.1 Å². The molecule has 0 spiro atoms. The monoisotopic (exact) mass is 487 g/mol. The number of nitrogens with one attached hydrogen (secondary N) is 1. The number of benzene rings is 3. The van der Waals surface area contributed by atoms with E-state index in [1.54, 1.807) is 48.5 Å². The molecular formula is C22H15ClFN3O3S2. The molecule has 6 nitrogen and oxygen atoms in total. The van der Waals surface area contributed by atoms with Crippen molar-refractivity contribution in [2.45, 2.75) is 4.90 Å². The van der Waals surface area contributed by atoms with Gasteiger partial charge in [0.1, 0.15) is 5.82 Å². The minimum absolute atomic E-state index is 0.0314. The quantitative estimate of drug-likeness (QED) is 0.405. The lowest BCUT2D eigenvalue weighted by atomic mass is 10.1. The molecule has 0 fully saturated rings. The van der Waals surface area contributed by atoms with Crippen molar-refractivity contribution >= 4 is 44.0 Å². The Kier molecular flexibility index (Phi) is 6.07. The fraction of sp³-hybridized carbons (Fsp3) is 0. The van der Waals surface area contributed by atoms with E-state index in [9.17, 15) is 17.6 Å². The van der Waals surface area contributed by atoms with Gasteiger partial charge >= 0.3 is 0 Å². The molecule has 0 aliphatic rings. The second kappa shape index (κ2) is 8.79. The second-order valence-corrected chi connectivity index (χ2v) is 9.73. The van der Waals surface area contributed by atoms with E-state index < -0.39 is 10.0 Å². The molecule has 32 heavy (non-hydrogen) atoms. The summed E-state index contributed by atoms with van der Waals surface area (Å²) < 4.78 is 36.5. The average molecular weight is 488 g/mol. The zero-order valence-electron chi connectivity index (χ0n) is 16.2. The number of rotatable bonds is 5. The molecule has 10 heteroatoms. The Labute approximate surface area is 192 Å². The third kappa shape index (κ3) is 4.86. The molecule has 4 rings (SSSR count). The maximum absolute atomic E-state index is 13.4. The molecule has 1 heterocycles. The minimum atomic E-state index is -3.84. The van der Waals surface area contributed by atoms with E-state index >= 15 is 0 Å². The second-order valence-electron chi connectivity index (χ2n) is 6.73. The Morgan fingerprint density at radius 1 is 0.938 bits per heavy atom. The number of thiazole rings is 1. The van der Waals surface area contributed by atoms with Gasteiger partial charge in [0, 0.05) is 16.1 Å². The fourth-order valence-electron chi connectivity index (χ4n) is 2.94. The van der Waals surface area contributed by atoms with Crippen LogP contribution >= 0.6 is 22.9 Å². The SMILES string of the molecule is NS(=O)(=O)c1ccc(-c2nc(NC(=O)c3ccc(Cl)cc3)sc2-c2ccc(F)cc2)cc1. The number of nitrogens with two attached hydrogens (primary N) is 1. The molecular weight excluding hydrogens is 473 g/mol. The molecule has 4 aromatic rings. The first kappa shape index (κ1) is 22.1. The Morgan fingerprint density at radius 2 is 1.53 bits per heavy atom. The number of halogens is 2. The molecule has 3 aromatic carbocycles. The van der Waals surface area contributed by atoms with Crippen LogP contribution in [0.15, 0.2) is 77.7 Å². The number of amides is 1. The first-order valence-electron chi connectivity index (χ1n) is 9.17. The number of carbonyl (C=O) groups excluding carboxylic acids is 1. The molecule has 0 aliphatic carbocycles. The Morgan fingerprint density at radius 3 is 2.12 bits per heavy atom. The van der Waals surface area contributed by atoms with Crippen LogP contribution in [-0.2, 0) is 10.0 Å². The third-order valence-electron chi connectivity index (χ3n) is 4.52. The van der Waals surface area contributed by atoms with E-state index in [0.29, 0.717) is 37.4 Å². The first-order valence-corrected chi connectivity index (χ1v) is 11.9. The number of nitrogens with zero attached hydrogens (tertiary/aromatic N) is 1. The number of primary sulfonamides is 1. The normalized spacial score (nSPS) is 11.3. The number of carbonyl (C=O) groups is 1. The molecule has 0 aliphatic heterocycles. The van der Waals surface area contributed by atoms with Gasteiger partial charge in [-0.25, -0.2) is 22.9 Å². The fourth-order valence-corrected chi connectivity index (χ4v) is 4.57. The van der Waals surface area contributed by atoms with Crippen molar-refractivity contribution in [1.29, 1.82) is 0 Å². The number of anilines is 1. The summed E-state index contributed by atoms with van der Waals surface area (Å²) in [5.41, 5.74) is 2.22. The lowest BCUT2D eigenvalue weighted by Gasteiger charge is -2.04. The first-order chi connectivity index (χ1) is 15.2. The molecule has 0 saturated carbocycles. The minimum Gasteiger partial charge on any atom is -0.298 e. The lowest BCUT2D eigenvalue weighted by molar-refractivity contribution is 0.102. The molecule has 0 unspecified atom stereocenters. The molecule has 1 aromatic heterocycles. The van der Waals surface area contributed by atoms with Gasteiger partial charge in [-0.15, -0.1) is 0 Å². The van der Waals surface area contributed by atoms with Crippen molar-refractivity contribution in [3.8, 4) is 21.7 Å². The summed E-state index contributed by atoms with van der Waals surface area (Å²) in [5, 5.41) is 8.77. The highest BCUT2D eigenvalue weighted by Gasteiger charge is 2.18. The summed E-state index contributed by atoms with van der Waals surface area (Å²) >= 11 is 7.09. The van der Waals surface area contributed by atoms with E-state index in [1.807, 2.05) is 0 Å². The lowest BCUT2D eigenvalue weighted by Crippen LogP contribution is -2.11. The van der Waals surface area contributed by atoms with Crippen LogP contribution in [-0.4, -0.2) is 19.3 Å². The molecule has 0 bridgehead atoms. The van der Waals surface area contributed by atoms with E-state index in [0.717, 1.165) is 0 Å². The van der Waals surface area contributed by atoms with Crippen LogP contribution < -0.4 is 10.5 Å². The Bertz CT molecular complexity index is 1390. The van der Waals surface area contributed by atoms with Crippen molar-refractivity contribution in [3.05, 3.63) is 89.2 Å². The molecule has 0 atom stereocenters. The van der Waals surface area contributed by atoms with Crippen LogP contribution in [0.4, 0.5) is 9.52 Å². The zero-order valence-corrected chi connectivity index (χ0v) is 18.6. The topological polar surface area (TPSA) is 102 Å². The smallest absolute Gasteiger partial charge is 0.257 e. The summed E-state index contributed by atoms with van der Waals surface area (Å²) in [4.78, 5) is 17.8. The molecule has 162 valence electrons. The summed E-state index contributed by atoms with van der Waals surface area (Å²) in [7, 11) is -3.84. The van der Waals surface area contributed by atoms with E-state index in [-0.39, 0.29) is 16.6 Å². The van der Waals surface area contributed by atoms with Gasteiger partial charge in [0.2, 0.25) is 10.0 Å². The Hall–Kier alpha value is -3.11. The van der Waals surface area contributed by atoms with Crippen LogP contribution in [0.1, 0.15) is 10.4 Å². The van der Waals surface area contributed by atoms with Crippen molar-refractivity contribution in [2.75, 3.05) is 5.32 Å². The van der Waals surface area contributed by atoms with E-state index in [4.69, 9.17) is 16.7 Å². The van der Waals surface area contributed by atoms with Crippen molar-refractivity contribution in [3.63, 3.8) is 0 Å². The average Bonchev–Trinajstić information content (AvgIpc) is 3.18. The van der Waals surface area contributed by atoms with Crippen LogP contribution in [0.25, 0.3) is 21.7 Å². The Balaban J connectivity index is 1.74. The van der Waals surface area contributed by atoms with E-state index in [1.165, 1.54) is 35.6 Å². The highest BCUT2D eigenvalue weighted by molar-refractivity contribution is 7.89. The van der Waals surface area contributed by atoms with Gasteiger partial charge in [-0.1, -0.05) is 47.2 Å². The van der Waals surface area contributed by atoms with Crippen LogP contribution in [0.5, 0.6) is 0 Å². The highest BCUT2D eigenvalue weighted by Crippen LogP contribution is 2.39. The maximum Gasteiger partial charge on any atom is 0.257 e. The van der Waals surface area contributed by atoms with Crippen LogP contribution in [0.3, 0.4) is 0 Å². The molecule has 0 radical (unpaired) electrons.